The molecule has 0 aromatic heterocycles. The molecule has 6 heteroatoms. The monoisotopic (exact) mass is 198 g/mol. The molecule has 0 aliphatic rings. The highest BCUT2D eigenvalue weighted by atomic mass is 16.8. The van der Waals surface area contributed by atoms with Gasteiger partial charge in [0.25, 0.3) is 0 Å². The van der Waals surface area contributed by atoms with E-state index >= 15 is 0 Å². The first-order valence-corrected chi connectivity index (χ1v) is 3.82. The predicted octanol–water partition coefficient (Wildman–Crippen LogP) is 1.25. The van der Waals surface area contributed by atoms with E-state index in [9.17, 15) is 10.1 Å². The van der Waals surface area contributed by atoms with E-state index < -0.39 is 5.03 Å². The average Bonchev–Trinajstić information content (AvgIpc) is 2.19. The van der Waals surface area contributed by atoms with E-state index in [1.807, 2.05) is 0 Å². The molecule has 14 heavy (non-hydrogen) atoms. The first-order chi connectivity index (χ1) is 6.70. The van der Waals surface area contributed by atoms with Crippen molar-refractivity contribution >= 4 is 5.69 Å². The van der Waals surface area contributed by atoms with Gasteiger partial charge in [-0.2, -0.15) is 0 Å². The molecular formula is C8H10N2O4. The Kier molecular flexibility index (Phi) is 3.24. The quantitative estimate of drug-likeness (QED) is 0.538. The summed E-state index contributed by atoms with van der Waals surface area (Å²) >= 11 is 0. The summed E-state index contributed by atoms with van der Waals surface area (Å²) in [6, 6.07) is 6.53. The van der Waals surface area contributed by atoms with Crippen molar-refractivity contribution in [1.29, 1.82) is 0 Å². The fourth-order valence-corrected chi connectivity index (χ4v) is 1.04. The number of hydrogen-bond donors (Lipinski definition) is 0. The van der Waals surface area contributed by atoms with Crippen LogP contribution in [0, 0.1) is 10.1 Å². The summed E-state index contributed by atoms with van der Waals surface area (Å²) in [5, 5.41) is 10.4. The number of anilines is 1. The lowest BCUT2D eigenvalue weighted by atomic mass is 10.3. The highest BCUT2D eigenvalue weighted by molar-refractivity contribution is 5.54. The Morgan fingerprint density at radius 3 is 2.50 bits per heavy atom. The highest BCUT2D eigenvalue weighted by Crippen LogP contribution is 2.27. The standard InChI is InChI=1S/C8H10N2O4/c1-13-8-6-4-3-5-7(8)9(14-2)10(11)12/h3-6H,1-2H3. The molecule has 0 saturated carbocycles. The number of methoxy groups -OCH3 is 1. The van der Waals surface area contributed by atoms with Crippen LogP contribution in [0.2, 0.25) is 0 Å². The minimum atomic E-state index is -0.669. The van der Waals surface area contributed by atoms with E-state index in [0.29, 0.717) is 10.9 Å². The summed E-state index contributed by atoms with van der Waals surface area (Å²) in [5.74, 6) is 0.381. The van der Waals surface area contributed by atoms with Crippen molar-refractivity contribution < 1.29 is 14.6 Å². The second-order valence-electron chi connectivity index (χ2n) is 2.37. The minimum Gasteiger partial charge on any atom is -0.494 e. The predicted molar refractivity (Wildman–Crippen MR) is 49.5 cm³/mol. The van der Waals surface area contributed by atoms with Gasteiger partial charge in [-0.05, 0) is 12.1 Å². The van der Waals surface area contributed by atoms with Crippen LogP contribution in [0.4, 0.5) is 5.69 Å². The fourth-order valence-electron chi connectivity index (χ4n) is 1.04. The number of hydrogen-bond acceptors (Lipinski definition) is 4. The van der Waals surface area contributed by atoms with E-state index in [-0.39, 0.29) is 5.69 Å². The second-order valence-corrected chi connectivity index (χ2v) is 2.37. The normalized spacial score (nSPS) is 9.57. The van der Waals surface area contributed by atoms with Crippen molar-refractivity contribution in [2.24, 2.45) is 0 Å². The van der Waals surface area contributed by atoms with Crippen LogP contribution in [-0.2, 0) is 4.84 Å². The number of ether oxygens (including phenoxy) is 1. The van der Waals surface area contributed by atoms with Gasteiger partial charge < -0.3 is 4.74 Å². The molecule has 1 aromatic carbocycles. The molecule has 1 rings (SSSR count). The first-order valence-electron chi connectivity index (χ1n) is 3.82. The summed E-state index contributed by atoms with van der Waals surface area (Å²) in [6.45, 7) is 0. The lowest BCUT2D eigenvalue weighted by molar-refractivity contribution is -0.544. The summed E-state index contributed by atoms with van der Waals surface area (Å²) in [7, 11) is 2.65. The molecule has 0 atom stereocenters. The van der Waals surface area contributed by atoms with Gasteiger partial charge in [-0.3, -0.25) is 0 Å². The molecule has 0 saturated heterocycles. The van der Waals surface area contributed by atoms with Crippen molar-refractivity contribution in [2.45, 2.75) is 0 Å². The third kappa shape index (κ3) is 1.91. The molecule has 0 bridgehead atoms. The number of nitrogens with zero attached hydrogens (tertiary/aromatic N) is 2. The maximum Gasteiger partial charge on any atom is 0.192 e. The van der Waals surface area contributed by atoms with E-state index in [0.717, 1.165) is 0 Å². The van der Waals surface area contributed by atoms with Gasteiger partial charge in [0.1, 0.15) is 0 Å². The van der Waals surface area contributed by atoms with Gasteiger partial charge in [0.15, 0.2) is 16.5 Å². The lowest BCUT2D eigenvalue weighted by Gasteiger charge is -2.12. The number of hydrazine groups is 1. The molecule has 0 amide bonds. The van der Waals surface area contributed by atoms with Crippen molar-refractivity contribution in [3.63, 3.8) is 0 Å². The van der Waals surface area contributed by atoms with E-state index in [1.165, 1.54) is 20.3 Å². The van der Waals surface area contributed by atoms with Gasteiger partial charge in [-0.15, -0.1) is 0 Å². The molecular weight excluding hydrogens is 188 g/mol. The number of para-hydroxylation sites is 2. The number of nitro groups is 1. The van der Waals surface area contributed by atoms with Crippen LogP contribution in [0.15, 0.2) is 24.3 Å². The summed E-state index contributed by atoms with van der Waals surface area (Å²) in [5.41, 5.74) is 0.252. The van der Waals surface area contributed by atoms with E-state index in [4.69, 9.17) is 4.74 Å². The topological polar surface area (TPSA) is 64.8 Å². The zero-order valence-corrected chi connectivity index (χ0v) is 7.84. The number of benzene rings is 1. The maximum atomic E-state index is 10.6. The lowest BCUT2D eigenvalue weighted by Crippen LogP contribution is -2.28. The third-order valence-electron chi connectivity index (χ3n) is 1.61. The largest absolute Gasteiger partial charge is 0.494 e. The molecule has 1 aromatic rings. The van der Waals surface area contributed by atoms with Gasteiger partial charge in [0.05, 0.1) is 14.2 Å². The van der Waals surface area contributed by atoms with Crippen LogP contribution < -0.4 is 9.91 Å². The third-order valence-corrected chi connectivity index (χ3v) is 1.61. The van der Waals surface area contributed by atoms with Gasteiger partial charge >= 0.3 is 0 Å². The molecule has 0 radical (unpaired) electrons. The molecule has 0 fully saturated rings. The van der Waals surface area contributed by atoms with E-state index in [2.05, 4.69) is 4.84 Å². The van der Waals surface area contributed by atoms with Crippen LogP contribution in [-0.4, -0.2) is 19.3 Å². The minimum absolute atomic E-state index is 0.252. The Morgan fingerprint density at radius 2 is 2.00 bits per heavy atom. The van der Waals surface area contributed by atoms with Crippen molar-refractivity contribution in [3.05, 3.63) is 34.4 Å². The van der Waals surface area contributed by atoms with Crippen LogP contribution in [0.1, 0.15) is 0 Å². The van der Waals surface area contributed by atoms with Crippen molar-refractivity contribution in [3.8, 4) is 5.75 Å². The molecule has 6 nitrogen and oxygen atoms in total. The zero-order chi connectivity index (χ0) is 10.6. The molecule has 0 N–H and O–H groups in total. The van der Waals surface area contributed by atoms with Gasteiger partial charge in [0.2, 0.25) is 0 Å². The Bertz CT molecular complexity index is 329. The van der Waals surface area contributed by atoms with E-state index in [1.54, 1.807) is 18.2 Å². The second kappa shape index (κ2) is 4.43. The van der Waals surface area contributed by atoms with Crippen LogP contribution in [0.25, 0.3) is 0 Å². The summed E-state index contributed by atoms with van der Waals surface area (Å²) in [4.78, 5) is 15.1. The maximum absolute atomic E-state index is 10.6. The zero-order valence-electron chi connectivity index (χ0n) is 7.84. The Morgan fingerprint density at radius 1 is 1.36 bits per heavy atom. The highest BCUT2D eigenvalue weighted by Gasteiger charge is 2.20. The summed E-state index contributed by atoms with van der Waals surface area (Å²) < 4.78 is 4.95. The average molecular weight is 198 g/mol. The Labute approximate surface area is 80.7 Å². The van der Waals surface area contributed by atoms with Crippen LogP contribution in [0.5, 0.6) is 5.75 Å². The van der Waals surface area contributed by atoms with Gasteiger partial charge in [-0.25, -0.2) is 15.0 Å². The SMILES string of the molecule is COc1ccccc1N(OC)[N+](=O)[O-]. The molecule has 0 aliphatic carbocycles. The Hall–Kier alpha value is -1.82. The molecule has 0 unspecified atom stereocenters. The summed E-state index contributed by atoms with van der Waals surface area (Å²) in [6.07, 6.45) is 0. The first kappa shape index (κ1) is 10.3. The van der Waals surface area contributed by atoms with Gasteiger partial charge in [-0.1, -0.05) is 12.1 Å². The molecule has 0 spiro atoms. The van der Waals surface area contributed by atoms with Crippen molar-refractivity contribution in [1.82, 2.24) is 0 Å². The van der Waals surface area contributed by atoms with Crippen molar-refractivity contribution in [2.75, 3.05) is 19.4 Å². The molecule has 0 heterocycles. The van der Waals surface area contributed by atoms with Crippen LogP contribution >= 0.6 is 0 Å². The number of rotatable bonds is 4. The fraction of sp³-hybridized carbons (Fsp3) is 0.250. The van der Waals surface area contributed by atoms with Crippen LogP contribution in [0.3, 0.4) is 0 Å². The molecule has 0 aliphatic heterocycles. The Balaban J connectivity index is 3.08. The van der Waals surface area contributed by atoms with Gasteiger partial charge in [0, 0.05) is 5.17 Å². The smallest absolute Gasteiger partial charge is 0.192 e. The molecule has 76 valence electrons.